The molecular formula is C26H46N2O6P2. The third kappa shape index (κ3) is 10.1. The van der Waals surface area contributed by atoms with Crippen LogP contribution in [0.1, 0.15) is 68.1 Å². The van der Waals surface area contributed by atoms with Gasteiger partial charge in [-0.15, -0.1) is 0 Å². The minimum absolute atomic E-state index is 0.0107. The van der Waals surface area contributed by atoms with Gasteiger partial charge < -0.3 is 28.5 Å². The molecule has 10 heteroatoms. The Labute approximate surface area is 222 Å². The zero-order valence-electron chi connectivity index (χ0n) is 23.6. The average Bonchev–Trinajstić information content (AvgIpc) is 3.27. The van der Waals surface area contributed by atoms with Gasteiger partial charge in [-0.05, 0) is 44.7 Å². The fourth-order valence-corrected chi connectivity index (χ4v) is 7.86. The normalized spacial score (nSPS) is 31.8. The maximum absolute atomic E-state index is 12.9. The highest BCUT2D eigenvalue weighted by atomic mass is 32.1. The van der Waals surface area contributed by atoms with Gasteiger partial charge in [-0.1, -0.05) is 35.5 Å². The number of amides is 1. The number of likely N-dealkylation sites (tertiary alicyclic amines) is 1. The number of carbonyl (C=O) groups is 2. The number of esters is 1. The van der Waals surface area contributed by atoms with Crippen molar-refractivity contribution in [3.8, 4) is 0 Å². The smallest absolute Gasteiger partial charge is 0.302 e. The molecule has 2 saturated heterocycles. The largest absolute Gasteiger partial charge is 0.463 e. The fraction of sp³-hybridized carbons (Fsp3) is 0.885. The second kappa shape index (κ2) is 16.2. The van der Waals surface area contributed by atoms with Gasteiger partial charge in [0, 0.05) is 53.8 Å². The Morgan fingerprint density at radius 2 is 2.00 bits per heavy atom. The zero-order chi connectivity index (χ0) is 27.4. The van der Waals surface area contributed by atoms with Gasteiger partial charge in [-0.25, -0.2) is 6.57 Å². The third-order valence-electron chi connectivity index (χ3n) is 7.31. The van der Waals surface area contributed by atoms with Crippen molar-refractivity contribution in [3.05, 3.63) is 11.4 Å². The van der Waals surface area contributed by atoms with Crippen LogP contribution >= 0.6 is 16.1 Å². The van der Waals surface area contributed by atoms with Gasteiger partial charge in [-0.2, -0.15) is 0 Å². The standard InChI is InChI=1S/C26H46N2O6P2/c1-18-15-23(34-36(7)35-14-12-27-6)16-28(18)25(30)11-9-8-10-13-31-26-21(4)19(2)20(3)24(33-26)17-32-22(5)29/h18-21,23-24,26,35H,8-17H2,1-5,7H3/t18-,19+,20-,21?,23-,24?,26-,36?/m1/s1/i1D. The van der Waals surface area contributed by atoms with Crippen molar-refractivity contribution in [1.29, 1.82) is 0 Å². The van der Waals surface area contributed by atoms with E-state index in [-0.39, 0.29) is 61.8 Å². The first-order chi connectivity index (χ1) is 17.7. The maximum atomic E-state index is 12.9. The minimum Gasteiger partial charge on any atom is -0.463 e. The van der Waals surface area contributed by atoms with E-state index in [9.17, 15) is 9.59 Å². The summed E-state index contributed by atoms with van der Waals surface area (Å²) in [5.41, 5.74) is 0. The van der Waals surface area contributed by atoms with Crippen LogP contribution in [0.25, 0.3) is 4.85 Å². The van der Waals surface area contributed by atoms with E-state index >= 15 is 0 Å². The summed E-state index contributed by atoms with van der Waals surface area (Å²) in [4.78, 5) is 29.3. The zero-order valence-corrected chi connectivity index (χ0v) is 24.5. The fourth-order valence-electron chi connectivity index (χ4n) is 4.74. The minimum atomic E-state index is -0.567. The van der Waals surface area contributed by atoms with E-state index in [1.54, 1.807) is 0 Å². The Morgan fingerprint density at radius 1 is 1.22 bits per heavy atom. The quantitative estimate of drug-likeness (QED) is 0.128. The van der Waals surface area contributed by atoms with Crippen LogP contribution in [0.5, 0.6) is 0 Å². The molecule has 0 saturated carbocycles. The van der Waals surface area contributed by atoms with Gasteiger partial charge in [-0.3, -0.25) is 9.59 Å². The maximum Gasteiger partial charge on any atom is 0.302 e. The van der Waals surface area contributed by atoms with Crippen molar-refractivity contribution >= 4 is 28.0 Å². The van der Waals surface area contributed by atoms with Gasteiger partial charge >= 0.3 is 5.97 Å². The molecule has 2 aliphatic heterocycles. The molecule has 0 aliphatic carbocycles. The van der Waals surface area contributed by atoms with Crippen molar-refractivity contribution in [2.24, 2.45) is 17.8 Å². The van der Waals surface area contributed by atoms with Crippen molar-refractivity contribution in [3.63, 3.8) is 0 Å². The van der Waals surface area contributed by atoms with Crippen LogP contribution in [0.2, 0.25) is 0 Å². The molecular weight excluding hydrogens is 498 g/mol. The summed E-state index contributed by atoms with van der Waals surface area (Å²) >= 11 is 0. The molecule has 0 aromatic heterocycles. The number of nitrogens with zero attached hydrogens (tertiary/aromatic N) is 2. The summed E-state index contributed by atoms with van der Waals surface area (Å²) in [6, 6.07) is -0.0648. The van der Waals surface area contributed by atoms with Gasteiger partial charge in [0.25, 0.3) is 0 Å². The van der Waals surface area contributed by atoms with Gasteiger partial charge in [0.15, 0.2) is 6.29 Å². The summed E-state index contributed by atoms with van der Waals surface area (Å²) in [7, 11) is 0.0837. The van der Waals surface area contributed by atoms with Crippen LogP contribution < -0.4 is 0 Å². The van der Waals surface area contributed by atoms with Crippen LogP contribution in [-0.4, -0.2) is 80.4 Å². The molecule has 2 rings (SSSR count). The molecule has 1 amide bonds. The Hall–Kier alpha value is -0.830. The lowest BCUT2D eigenvalue weighted by Gasteiger charge is -2.43. The Morgan fingerprint density at radius 3 is 2.69 bits per heavy atom. The van der Waals surface area contributed by atoms with E-state index in [1.165, 1.54) is 6.92 Å². The van der Waals surface area contributed by atoms with E-state index in [0.29, 0.717) is 40.3 Å². The number of hydrogen-bond acceptors (Lipinski definition) is 6. The second-order valence-corrected chi connectivity index (χ2v) is 14.9. The lowest BCUT2D eigenvalue weighted by molar-refractivity contribution is -0.255. The second-order valence-electron chi connectivity index (χ2n) is 10.1. The van der Waals surface area contributed by atoms with Crippen LogP contribution in [0.4, 0.5) is 0 Å². The lowest BCUT2D eigenvalue weighted by Crippen LogP contribution is -2.47. The molecule has 9 atom stereocenters. The van der Waals surface area contributed by atoms with Crippen molar-refractivity contribution in [1.82, 2.24) is 4.90 Å². The molecule has 0 spiro atoms. The van der Waals surface area contributed by atoms with E-state index < -0.39 is 7.84 Å². The highest BCUT2D eigenvalue weighted by Gasteiger charge is 2.40. The highest BCUT2D eigenvalue weighted by Crippen LogP contribution is 2.54. The first kappa shape index (κ1) is 29.7. The van der Waals surface area contributed by atoms with Crippen LogP contribution in [0, 0.1) is 24.3 Å². The molecule has 36 heavy (non-hydrogen) atoms. The molecule has 2 heterocycles. The monoisotopic (exact) mass is 545 g/mol. The van der Waals surface area contributed by atoms with Crippen molar-refractivity contribution < 1.29 is 29.7 Å². The average molecular weight is 546 g/mol. The molecule has 8 nitrogen and oxygen atoms in total. The molecule has 0 bridgehead atoms. The van der Waals surface area contributed by atoms with Crippen LogP contribution in [0.15, 0.2) is 0 Å². The first-order valence-corrected chi connectivity index (χ1v) is 16.9. The molecule has 0 aromatic carbocycles. The molecule has 2 aliphatic rings. The number of hydrogen-bond donors (Lipinski definition) is 0. The topological polar surface area (TPSA) is 78.7 Å². The molecule has 0 N–H and O–H groups in total. The molecule has 2 fully saturated rings. The van der Waals surface area contributed by atoms with E-state index in [0.717, 1.165) is 31.8 Å². The SMILES string of the molecule is [2H]C[C@@H]1C[C@@H](OP(C)PCC[N+]#[C-])CN1C(=O)CCCCCO[C@@H]1OC(COC(C)=O)[C@H](C)[C@H](C)C1C. The summed E-state index contributed by atoms with van der Waals surface area (Å²) in [6.45, 7) is 19.0. The van der Waals surface area contributed by atoms with E-state index in [1.807, 2.05) is 4.90 Å². The van der Waals surface area contributed by atoms with Gasteiger partial charge in [0.1, 0.15) is 6.61 Å². The van der Waals surface area contributed by atoms with Crippen molar-refractivity contribution in [2.45, 2.75) is 91.2 Å². The Balaban J connectivity index is 1.67. The predicted octanol–water partition coefficient (Wildman–Crippen LogP) is 5.31. The number of rotatable bonds is 14. The summed E-state index contributed by atoms with van der Waals surface area (Å²) in [5, 5.41) is 0. The number of ether oxygens (including phenoxy) is 3. The Kier molecular flexibility index (Phi) is 13.4. The van der Waals surface area contributed by atoms with E-state index in [4.69, 9.17) is 26.7 Å². The predicted molar refractivity (Wildman–Crippen MR) is 145 cm³/mol. The summed E-state index contributed by atoms with van der Waals surface area (Å²) in [6.07, 6.45) is 4.14. The van der Waals surface area contributed by atoms with Gasteiger partial charge in [0.2, 0.25) is 12.5 Å². The molecule has 0 radical (unpaired) electrons. The molecule has 0 aromatic rings. The van der Waals surface area contributed by atoms with Crippen molar-refractivity contribution in [2.75, 3.05) is 39.1 Å². The lowest BCUT2D eigenvalue weighted by atomic mass is 9.79. The molecule has 206 valence electrons. The molecule has 4 unspecified atom stereocenters. The summed E-state index contributed by atoms with van der Waals surface area (Å²) < 4.78 is 31.4. The van der Waals surface area contributed by atoms with E-state index in [2.05, 4.69) is 32.3 Å². The summed E-state index contributed by atoms with van der Waals surface area (Å²) in [5.74, 6) is 0.718. The third-order valence-corrected chi connectivity index (χ3v) is 11.1. The number of carbonyl (C=O) groups excluding carboxylic acids is 2. The first-order valence-electron chi connectivity index (χ1n) is 13.8. The van der Waals surface area contributed by atoms with Gasteiger partial charge in [0.05, 0.1) is 12.2 Å². The van der Waals surface area contributed by atoms with Crippen LogP contribution in [-0.2, 0) is 28.3 Å². The Bertz CT molecular complexity index is 757. The number of unbranched alkanes of at least 4 members (excludes halogenated alkanes) is 2. The highest BCUT2D eigenvalue weighted by molar-refractivity contribution is 8.18. The van der Waals surface area contributed by atoms with Crippen LogP contribution in [0.3, 0.4) is 0 Å².